The molecule has 16 heavy (non-hydrogen) atoms. The maximum absolute atomic E-state index is 11.5. The number of carbonyl (C=O) groups is 3. The van der Waals surface area contributed by atoms with Crippen molar-refractivity contribution in [3.63, 3.8) is 0 Å². The number of hydrogen-bond acceptors (Lipinski definition) is 4. The highest BCUT2D eigenvalue weighted by Crippen LogP contribution is 2.14. The molecule has 1 rings (SSSR count). The number of nitrogens with one attached hydrogen (secondary N) is 1. The lowest BCUT2D eigenvalue weighted by Crippen LogP contribution is -2.31. The Labute approximate surface area is 92.1 Å². The molecule has 0 spiro atoms. The summed E-state index contributed by atoms with van der Waals surface area (Å²) in [7, 11) is 0. The maximum atomic E-state index is 11.5. The molecule has 2 N–H and O–H groups in total. The lowest BCUT2D eigenvalue weighted by atomic mass is 10.2. The van der Waals surface area contributed by atoms with Gasteiger partial charge in [0.2, 0.25) is 5.91 Å². The second kappa shape index (κ2) is 5.06. The molecule has 1 aromatic carbocycles. The van der Waals surface area contributed by atoms with Gasteiger partial charge < -0.3 is 5.11 Å². The summed E-state index contributed by atoms with van der Waals surface area (Å²) in [5.41, 5.74) is -0.000554. The van der Waals surface area contributed by atoms with Crippen molar-refractivity contribution < 1.29 is 19.5 Å². The third-order valence-corrected chi connectivity index (χ3v) is 1.81. The topological polar surface area (TPSA) is 83.5 Å². The van der Waals surface area contributed by atoms with Crippen molar-refractivity contribution in [3.05, 3.63) is 29.8 Å². The first-order chi connectivity index (χ1) is 7.50. The number of phenolic OH excluding ortho intramolecular Hbond substituents is 1. The Morgan fingerprint density at radius 1 is 1.25 bits per heavy atom. The van der Waals surface area contributed by atoms with Crippen LogP contribution in [-0.4, -0.2) is 22.7 Å². The predicted octanol–water partition coefficient (Wildman–Crippen LogP) is 0.628. The van der Waals surface area contributed by atoms with Crippen molar-refractivity contribution >= 4 is 17.6 Å². The first kappa shape index (κ1) is 11.9. The van der Waals surface area contributed by atoms with E-state index in [2.05, 4.69) is 0 Å². The Morgan fingerprint density at radius 2 is 1.88 bits per heavy atom. The molecule has 0 unspecified atom stereocenters. The number of para-hydroxylation sites is 1. The Kier molecular flexibility index (Phi) is 3.77. The lowest BCUT2D eigenvalue weighted by molar-refractivity contribution is -0.126. The van der Waals surface area contributed by atoms with Gasteiger partial charge >= 0.3 is 0 Å². The van der Waals surface area contributed by atoms with Gasteiger partial charge in [-0.1, -0.05) is 12.1 Å². The minimum atomic E-state index is -0.718. The van der Waals surface area contributed by atoms with Crippen molar-refractivity contribution in [2.24, 2.45) is 0 Å². The van der Waals surface area contributed by atoms with E-state index in [0.717, 1.165) is 0 Å². The number of amides is 2. The SMILES string of the molecule is CC(=O)CC(=O)NC(=O)c1ccccc1O. The molecule has 5 heteroatoms. The lowest BCUT2D eigenvalue weighted by Gasteiger charge is -2.04. The molecule has 0 atom stereocenters. The van der Waals surface area contributed by atoms with Gasteiger partial charge in [0.15, 0.2) is 0 Å². The molecule has 84 valence electrons. The van der Waals surface area contributed by atoms with Gasteiger partial charge in [-0.2, -0.15) is 0 Å². The van der Waals surface area contributed by atoms with Crippen LogP contribution in [0, 0.1) is 0 Å². The predicted molar refractivity (Wildman–Crippen MR) is 55.9 cm³/mol. The number of rotatable bonds is 3. The zero-order chi connectivity index (χ0) is 12.1. The van der Waals surface area contributed by atoms with Crippen molar-refractivity contribution in [1.29, 1.82) is 0 Å². The second-order valence-corrected chi connectivity index (χ2v) is 3.27. The van der Waals surface area contributed by atoms with Gasteiger partial charge in [-0.05, 0) is 19.1 Å². The Balaban J connectivity index is 2.70. The summed E-state index contributed by atoms with van der Waals surface area (Å²) in [5.74, 6) is -1.94. The first-order valence-corrected chi connectivity index (χ1v) is 4.62. The third-order valence-electron chi connectivity index (χ3n) is 1.81. The number of aromatic hydroxyl groups is 1. The summed E-state index contributed by atoms with van der Waals surface area (Å²) >= 11 is 0. The Bertz CT molecular complexity index is 439. The van der Waals surface area contributed by atoms with Gasteiger partial charge in [0, 0.05) is 0 Å². The molecule has 0 fully saturated rings. The normalized spacial score (nSPS) is 9.56. The molecule has 0 saturated carbocycles. The van der Waals surface area contributed by atoms with Crippen LogP contribution in [0.25, 0.3) is 0 Å². The fourth-order valence-corrected chi connectivity index (χ4v) is 1.13. The second-order valence-electron chi connectivity index (χ2n) is 3.27. The maximum Gasteiger partial charge on any atom is 0.261 e. The molecule has 5 nitrogen and oxygen atoms in total. The molecule has 1 aromatic rings. The van der Waals surface area contributed by atoms with Crippen LogP contribution in [0.1, 0.15) is 23.7 Å². The molecule has 0 aromatic heterocycles. The van der Waals surface area contributed by atoms with Crippen LogP contribution in [0.3, 0.4) is 0 Å². The van der Waals surface area contributed by atoms with Crippen LogP contribution >= 0.6 is 0 Å². The Morgan fingerprint density at radius 3 is 2.44 bits per heavy atom. The minimum absolute atomic E-state index is 0.000554. The highest BCUT2D eigenvalue weighted by molar-refractivity contribution is 6.10. The molecular formula is C11H11NO4. The van der Waals surface area contributed by atoms with Gasteiger partial charge in [-0.15, -0.1) is 0 Å². The highest BCUT2D eigenvalue weighted by Gasteiger charge is 2.14. The Hall–Kier alpha value is -2.17. The number of ketones is 1. The quantitative estimate of drug-likeness (QED) is 0.733. The highest BCUT2D eigenvalue weighted by atomic mass is 16.3. The monoisotopic (exact) mass is 221 g/mol. The van der Waals surface area contributed by atoms with Crippen LogP contribution in [0.4, 0.5) is 0 Å². The summed E-state index contributed by atoms with van der Waals surface area (Å²) in [6.07, 6.45) is -0.348. The number of Topliss-reactive ketones (excluding diaryl/α,β-unsaturated/α-hetero) is 1. The van der Waals surface area contributed by atoms with E-state index >= 15 is 0 Å². The summed E-state index contributed by atoms with van der Waals surface area (Å²) in [6.45, 7) is 1.25. The fraction of sp³-hybridized carbons (Fsp3) is 0.182. The van der Waals surface area contributed by atoms with Crippen LogP contribution in [-0.2, 0) is 9.59 Å². The molecule has 2 amide bonds. The zero-order valence-electron chi connectivity index (χ0n) is 8.69. The first-order valence-electron chi connectivity index (χ1n) is 4.62. The van der Waals surface area contributed by atoms with Gasteiger partial charge in [-0.3, -0.25) is 19.7 Å². The smallest absolute Gasteiger partial charge is 0.261 e. The summed E-state index contributed by atoms with van der Waals surface area (Å²) in [4.78, 5) is 33.2. The summed E-state index contributed by atoms with van der Waals surface area (Å²) in [5, 5.41) is 11.3. The molecule has 0 aliphatic rings. The number of imide groups is 1. The van der Waals surface area contributed by atoms with Crippen molar-refractivity contribution in [2.75, 3.05) is 0 Å². The average molecular weight is 221 g/mol. The molecule has 0 saturated heterocycles. The minimum Gasteiger partial charge on any atom is -0.507 e. The van der Waals surface area contributed by atoms with Crippen LogP contribution in [0.5, 0.6) is 5.75 Å². The number of carbonyl (C=O) groups excluding carboxylic acids is 3. The van der Waals surface area contributed by atoms with Gasteiger partial charge in [0.05, 0.1) is 12.0 Å². The average Bonchev–Trinajstić information content (AvgIpc) is 2.16. The summed E-state index contributed by atoms with van der Waals surface area (Å²) < 4.78 is 0. The van der Waals surface area contributed by atoms with Gasteiger partial charge in [0.25, 0.3) is 5.91 Å². The molecule has 0 bridgehead atoms. The molecule has 0 heterocycles. The molecule has 0 radical (unpaired) electrons. The molecule has 0 aliphatic heterocycles. The zero-order valence-corrected chi connectivity index (χ0v) is 8.69. The van der Waals surface area contributed by atoms with E-state index in [4.69, 9.17) is 0 Å². The van der Waals surface area contributed by atoms with E-state index in [9.17, 15) is 19.5 Å². The van der Waals surface area contributed by atoms with Gasteiger partial charge in [-0.25, -0.2) is 0 Å². The number of phenols is 1. The van der Waals surface area contributed by atoms with E-state index in [1.807, 2.05) is 5.32 Å². The van der Waals surface area contributed by atoms with Crippen LogP contribution in [0.2, 0.25) is 0 Å². The largest absolute Gasteiger partial charge is 0.507 e. The van der Waals surface area contributed by atoms with Crippen molar-refractivity contribution in [3.8, 4) is 5.75 Å². The molecular weight excluding hydrogens is 210 g/mol. The van der Waals surface area contributed by atoms with Crippen LogP contribution < -0.4 is 5.32 Å². The number of benzene rings is 1. The standard InChI is InChI=1S/C11H11NO4/c1-7(13)6-10(15)12-11(16)8-4-2-3-5-9(8)14/h2-5,14H,6H2,1H3,(H,12,15,16). The van der Waals surface area contributed by atoms with Crippen molar-refractivity contribution in [2.45, 2.75) is 13.3 Å². The van der Waals surface area contributed by atoms with Gasteiger partial charge in [0.1, 0.15) is 11.5 Å². The van der Waals surface area contributed by atoms with E-state index in [1.165, 1.54) is 19.1 Å². The fourth-order valence-electron chi connectivity index (χ4n) is 1.13. The number of hydrogen-bond donors (Lipinski definition) is 2. The van der Waals surface area contributed by atoms with E-state index in [0.29, 0.717) is 0 Å². The summed E-state index contributed by atoms with van der Waals surface area (Å²) in [6, 6.07) is 5.84. The van der Waals surface area contributed by atoms with Crippen LogP contribution in [0.15, 0.2) is 24.3 Å². The van der Waals surface area contributed by atoms with E-state index < -0.39 is 11.8 Å². The van der Waals surface area contributed by atoms with E-state index in [-0.39, 0.29) is 23.5 Å². The van der Waals surface area contributed by atoms with E-state index in [1.54, 1.807) is 12.1 Å². The molecule has 0 aliphatic carbocycles. The third kappa shape index (κ3) is 3.20. The van der Waals surface area contributed by atoms with Crippen molar-refractivity contribution in [1.82, 2.24) is 5.32 Å².